The van der Waals surface area contributed by atoms with Crippen LogP contribution in [0.5, 0.6) is 0 Å². The number of carbonyl (C=O) groups is 1. The van der Waals surface area contributed by atoms with Gasteiger partial charge in [-0.3, -0.25) is 4.79 Å². The van der Waals surface area contributed by atoms with Crippen molar-refractivity contribution in [2.45, 2.75) is 37.5 Å². The number of halogens is 3. The third-order valence-corrected chi connectivity index (χ3v) is 5.54. The molecule has 2 N–H and O–H groups in total. The van der Waals surface area contributed by atoms with Crippen molar-refractivity contribution in [3.05, 3.63) is 65.2 Å². The van der Waals surface area contributed by atoms with Crippen molar-refractivity contribution in [3.63, 3.8) is 0 Å². The van der Waals surface area contributed by atoms with E-state index in [1.807, 2.05) is 38.2 Å². The molecule has 150 valence electrons. The number of fused-ring (bicyclic) bond motifs is 1. The van der Waals surface area contributed by atoms with Gasteiger partial charge in [-0.15, -0.1) is 0 Å². The van der Waals surface area contributed by atoms with Gasteiger partial charge in [0.05, 0.1) is 18.0 Å². The van der Waals surface area contributed by atoms with Gasteiger partial charge < -0.3 is 15.3 Å². The summed E-state index contributed by atoms with van der Waals surface area (Å²) < 4.78 is 38.6. The minimum atomic E-state index is -4.37. The molecule has 3 rings (SSSR count). The monoisotopic (exact) mass is 392 g/mol. The fourth-order valence-corrected chi connectivity index (χ4v) is 4.14. The Labute approximate surface area is 162 Å². The molecule has 2 unspecified atom stereocenters. The van der Waals surface area contributed by atoms with E-state index in [1.54, 1.807) is 6.07 Å². The minimum absolute atomic E-state index is 0.0236. The van der Waals surface area contributed by atoms with Gasteiger partial charge in [-0.2, -0.15) is 13.2 Å². The molecule has 0 fully saturated rings. The largest absolute Gasteiger partial charge is 0.481 e. The molecular weight excluding hydrogens is 369 g/mol. The molecule has 1 heterocycles. The van der Waals surface area contributed by atoms with Gasteiger partial charge in [0.15, 0.2) is 0 Å². The van der Waals surface area contributed by atoms with Crippen LogP contribution in [0.1, 0.15) is 30.0 Å². The average molecular weight is 392 g/mol. The topological polar surface area (TPSA) is 52.6 Å². The van der Waals surface area contributed by atoms with Crippen LogP contribution < -0.4 is 10.2 Å². The second kappa shape index (κ2) is 7.47. The summed E-state index contributed by atoms with van der Waals surface area (Å²) >= 11 is 0. The molecule has 0 aromatic heterocycles. The van der Waals surface area contributed by atoms with Crippen molar-refractivity contribution in [1.29, 1.82) is 0 Å². The number of nitrogens with zero attached hydrogens (tertiary/aromatic N) is 1. The van der Waals surface area contributed by atoms with Crippen LogP contribution in [-0.4, -0.2) is 30.7 Å². The van der Waals surface area contributed by atoms with Gasteiger partial charge in [0.2, 0.25) is 0 Å². The molecular formula is C21H23F3N2O2. The summed E-state index contributed by atoms with van der Waals surface area (Å²) in [4.78, 5) is 13.6. The number of anilines is 1. The van der Waals surface area contributed by atoms with E-state index in [1.165, 1.54) is 6.07 Å². The first-order valence-electron chi connectivity index (χ1n) is 9.04. The van der Waals surface area contributed by atoms with Crippen LogP contribution in [0, 0.1) is 0 Å². The molecule has 7 heteroatoms. The van der Waals surface area contributed by atoms with Gasteiger partial charge >= 0.3 is 12.1 Å². The number of rotatable bonds is 6. The molecule has 0 saturated heterocycles. The minimum Gasteiger partial charge on any atom is -0.481 e. The zero-order valence-corrected chi connectivity index (χ0v) is 15.8. The SMILES string of the molecule is CN1c2ccccc2C(C)(CC(=O)O)C1CNCc1cccc(C(F)(F)F)c1. The highest BCUT2D eigenvalue weighted by atomic mass is 19.4. The van der Waals surface area contributed by atoms with Gasteiger partial charge in [-0.1, -0.05) is 43.3 Å². The lowest BCUT2D eigenvalue weighted by atomic mass is 9.75. The van der Waals surface area contributed by atoms with E-state index in [0.717, 1.165) is 23.4 Å². The van der Waals surface area contributed by atoms with E-state index in [-0.39, 0.29) is 19.0 Å². The molecule has 1 aliphatic rings. The summed E-state index contributed by atoms with van der Waals surface area (Å²) in [5, 5.41) is 12.6. The van der Waals surface area contributed by atoms with Crippen molar-refractivity contribution in [2.75, 3.05) is 18.5 Å². The fourth-order valence-electron chi connectivity index (χ4n) is 4.14. The Morgan fingerprint density at radius 1 is 1.21 bits per heavy atom. The van der Waals surface area contributed by atoms with Crippen LogP contribution in [-0.2, 0) is 22.9 Å². The molecule has 28 heavy (non-hydrogen) atoms. The summed E-state index contributed by atoms with van der Waals surface area (Å²) in [5.41, 5.74) is 1.22. The maximum absolute atomic E-state index is 12.9. The first kappa shape index (κ1) is 20.2. The van der Waals surface area contributed by atoms with E-state index >= 15 is 0 Å². The number of carboxylic acids is 1. The normalized spacial score (nSPS) is 21.6. The molecule has 0 amide bonds. The molecule has 0 saturated carbocycles. The predicted octanol–water partition coefficient (Wildman–Crippen LogP) is 4.05. The van der Waals surface area contributed by atoms with Crippen molar-refractivity contribution in [2.24, 2.45) is 0 Å². The van der Waals surface area contributed by atoms with Crippen molar-refractivity contribution < 1.29 is 23.1 Å². The maximum atomic E-state index is 12.9. The maximum Gasteiger partial charge on any atom is 0.416 e. The lowest BCUT2D eigenvalue weighted by Crippen LogP contribution is -2.48. The quantitative estimate of drug-likeness (QED) is 0.779. The first-order chi connectivity index (χ1) is 13.1. The molecule has 2 aromatic rings. The highest BCUT2D eigenvalue weighted by Crippen LogP contribution is 2.46. The second-order valence-corrected chi connectivity index (χ2v) is 7.46. The average Bonchev–Trinajstić information content (AvgIpc) is 2.83. The number of hydrogen-bond acceptors (Lipinski definition) is 3. The van der Waals surface area contributed by atoms with Gasteiger partial charge in [0, 0.05) is 31.2 Å². The molecule has 0 spiro atoms. The molecule has 4 nitrogen and oxygen atoms in total. The van der Waals surface area contributed by atoms with Crippen LogP contribution in [0.3, 0.4) is 0 Å². The van der Waals surface area contributed by atoms with E-state index in [2.05, 4.69) is 10.2 Å². The van der Waals surface area contributed by atoms with E-state index < -0.39 is 23.1 Å². The summed E-state index contributed by atoms with van der Waals surface area (Å²) in [6, 6.07) is 12.8. The van der Waals surface area contributed by atoms with Crippen molar-refractivity contribution in [3.8, 4) is 0 Å². The van der Waals surface area contributed by atoms with Gasteiger partial charge in [-0.05, 0) is 23.3 Å². The lowest BCUT2D eigenvalue weighted by Gasteiger charge is -2.34. The number of nitrogens with one attached hydrogen (secondary N) is 1. The number of carboxylic acid groups (broad SMARTS) is 1. The fraction of sp³-hybridized carbons (Fsp3) is 0.381. The molecule has 0 bridgehead atoms. The molecule has 2 atom stereocenters. The summed E-state index contributed by atoms with van der Waals surface area (Å²) in [6.45, 7) is 2.65. The standard InChI is InChI=1S/C21H23F3N2O2/c1-20(11-19(27)28)16-8-3-4-9-17(16)26(2)18(20)13-25-12-14-6-5-7-15(10-14)21(22,23)24/h3-10,18,25H,11-13H2,1-2H3,(H,27,28). The third kappa shape index (κ3) is 3.85. The smallest absolute Gasteiger partial charge is 0.416 e. The van der Waals surface area contributed by atoms with E-state index in [9.17, 15) is 23.1 Å². The highest BCUT2D eigenvalue weighted by Gasteiger charge is 2.47. The Bertz CT molecular complexity index is 869. The van der Waals surface area contributed by atoms with E-state index in [4.69, 9.17) is 0 Å². The van der Waals surface area contributed by atoms with Gasteiger partial charge in [0.25, 0.3) is 0 Å². The Hall–Kier alpha value is -2.54. The second-order valence-electron chi connectivity index (χ2n) is 7.46. The van der Waals surface area contributed by atoms with Gasteiger partial charge in [-0.25, -0.2) is 0 Å². The zero-order chi connectivity index (χ0) is 20.5. The Morgan fingerprint density at radius 3 is 2.61 bits per heavy atom. The number of benzene rings is 2. The summed E-state index contributed by atoms with van der Waals surface area (Å²) in [7, 11) is 1.92. The Kier molecular flexibility index (Phi) is 5.39. The van der Waals surface area contributed by atoms with Crippen molar-refractivity contribution >= 4 is 11.7 Å². The van der Waals surface area contributed by atoms with Gasteiger partial charge in [0.1, 0.15) is 0 Å². The number of aliphatic carboxylic acids is 1. The van der Waals surface area contributed by atoms with Crippen LogP contribution in [0.15, 0.2) is 48.5 Å². The highest BCUT2D eigenvalue weighted by molar-refractivity contribution is 5.73. The molecule has 1 aliphatic heterocycles. The third-order valence-electron chi connectivity index (χ3n) is 5.54. The Balaban J connectivity index is 1.76. The van der Waals surface area contributed by atoms with E-state index in [0.29, 0.717) is 12.1 Å². The number of para-hydroxylation sites is 1. The molecule has 0 aliphatic carbocycles. The number of hydrogen-bond donors (Lipinski definition) is 2. The number of likely N-dealkylation sites (N-methyl/N-ethyl adjacent to an activating group) is 1. The van der Waals surface area contributed by atoms with Crippen LogP contribution in [0.2, 0.25) is 0 Å². The molecule has 2 aromatic carbocycles. The Morgan fingerprint density at radius 2 is 1.93 bits per heavy atom. The van der Waals surface area contributed by atoms with Crippen LogP contribution >= 0.6 is 0 Å². The van der Waals surface area contributed by atoms with Crippen molar-refractivity contribution in [1.82, 2.24) is 5.32 Å². The summed E-state index contributed by atoms with van der Waals surface area (Å²) in [5.74, 6) is -0.879. The predicted molar refractivity (Wildman–Crippen MR) is 101 cm³/mol. The summed E-state index contributed by atoms with van der Waals surface area (Å²) in [6.07, 6.45) is -4.40. The lowest BCUT2D eigenvalue weighted by molar-refractivity contribution is -0.139. The molecule has 0 radical (unpaired) electrons. The van der Waals surface area contributed by atoms with Crippen LogP contribution in [0.4, 0.5) is 18.9 Å². The number of alkyl halides is 3. The van der Waals surface area contributed by atoms with Crippen LogP contribution in [0.25, 0.3) is 0 Å². The first-order valence-corrected chi connectivity index (χ1v) is 9.04. The zero-order valence-electron chi connectivity index (χ0n) is 15.8.